The molecule has 1 heterocycles. The number of nitrogens with two attached hydrogens (primary N) is 2. The lowest BCUT2D eigenvalue weighted by Gasteiger charge is -2.11. The molecule has 0 fully saturated rings. The largest absolute Gasteiger partial charge is 0.397 e. The Bertz CT molecular complexity index is 707. The summed E-state index contributed by atoms with van der Waals surface area (Å²) in [5.41, 5.74) is 7.89. The van der Waals surface area contributed by atoms with Crippen LogP contribution in [-0.2, 0) is 6.54 Å². The van der Waals surface area contributed by atoms with Gasteiger partial charge in [0.1, 0.15) is 0 Å². The molecule has 0 unspecified atom stereocenters. The monoisotopic (exact) mass is 361 g/mol. The van der Waals surface area contributed by atoms with Crippen molar-refractivity contribution in [3.8, 4) is 0 Å². The molecule has 2 aromatic rings. The van der Waals surface area contributed by atoms with Crippen LogP contribution in [0, 0.1) is 0 Å². The summed E-state index contributed by atoms with van der Waals surface area (Å²) in [5.74, 6) is 1.69. The molecule has 0 spiro atoms. The van der Waals surface area contributed by atoms with E-state index in [1.165, 1.54) is 0 Å². The lowest BCUT2D eigenvalue weighted by atomic mass is 10.1. The van der Waals surface area contributed by atoms with Crippen molar-refractivity contribution in [3.63, 3.8) is 0 Å². The van der Waals surface area contributed by atoms with E-state index in [0.29, 0.717) is 5.70 Å². The number of aromatic nitrogens is 3. The molecule has 0 aliphatic carbocycles. The molecule has 0 aliphatic rings. The van der Waals surface area contributed by atoms with Gasteiger partial charge < -0.3 is 10.3 Å². The Morgan fingerprint density at radius 3 is 2.62 bits per heavy atom. The minimum absolute atomic E-state index is 0.621. The SMILES string of the molecule is C/C=C\CCSc1nnc(/C(SN)=C(/N)c2ccccc2)n1CC. The van der Waals surface area contributed by atoms with Crippen LogP contribution in [0.3, 0.4) is 0 Å². The maximum absolute atomic E-state index is 6.34. The van der Waals surface area contributed by atoms with Gasteiger partial charge in [0.2, 0.25) is 0 Å². The number of rotatable bonds is 8. The van der Waals surface area contributed by atoms with Gasteiger partial charge in [-0.05, 0) is 37.8 Å². The van der Waals surface area contributed by atoms with Gasteiger partial charge in [0.05, 0.1) is 10.6 Å². The average Bonchev–Trinajstić information content (AvgIpc) is 3.02. The van der Waals surface area contributed by atoms with E-state index in [1.54, 1.807) is 11.8 Å². The molecule has 0 radical (unpaired) electrons. The van der Waals surface area contributed by atoms with Gasteiger partial charge in [-0.2, -0.15) is 0 Å². The fourth-order valence-electron chi connectivity index (χ4n) is 2.22. The lowest BCUT2D eigenvalue weighted by molar-refractivity contribution is 0.675. The van der Waals surface area contributed by atoms with Crippen LogP contribution in [0.1, 0.15) is 31.7 Å². The molecule has 0 atom stereocenters. The topological polar surface area (TPSA) is 82.8 Å². The molecule has 2 rings (SSSR count). The van der Waals surface area contributed by atoms with Crippen LogP contribution in [0.5, 0.6) is 0 Å². The van der Waals surface area contributed by atoms with E-state index < -0.39 is 0 Å². The maximum atomic E-state index is 6.34. The van der Waals surface area contributed by atoms with Gasteiger partial charge in [-0.15, -0.1) is 10.2 Å². The Morgan fingerprint density at radius 1 is 1.25 bits per heavy atom. The Hall–Kier alpha value is -1.70. The second-order valence-electron chi connectivity index (χ2n) is 4.98. The third-order valence-corrected chi connectivity index (χ3v) is 5.07. The van der Waals surface area contributed by atoms with E-state index in [0.717, 1.165) is 52.1 Å². The van der Waals surface area contributed by atoms with Crippen molar-refractivity contribution in [2.75, 3.05) is 5.75 Å². The van der Waals surface area contributed by atoms with Gasteiger partial charge in [-0.3, -0.25) is 5.14 Å². The van der Waals surface area contributed by atoms with Crippen molar-refractivity contribution in [1.29, 1.82) is 0 Å². The molecule has 0 saturated carbocycles. The third-order valence-electron chi connectivity index (χ3n) is 3.43. The molecule has 7 heteroatoms. The first-order valence-electron chi connectivity index (χ1n) is 7.82. The summed E-state index contributed by atoms with van der Waals surface area (Å²) in [7, 11) is 0. The van der Waals surface area contributed by atoms with Crippen LogP contribution in [0.15, 0.2) is 47.6 Å². The quantitative estimate of drug-likeness (QED) is 0.322. The molecule has 4 N–H and O–H groups in total. The normalized spacial score (nSPS) is 12.6. The number of hydrogen-bond acceptors (Lipinski definition) is 6. The summed E-state index contributed by atoms with van der Waals surface area (Å²) in [6.45, 7) is 4.86. The molecule has 0 aliphatic heterocycles. The number of allylic oxidation sites excluding steroid dienone is 2. The van der Waals surface area contributed by atoms with Gasteiger partial charge in [0, 0.05) is 12.3 Å². The molecule has 0 saturated heterocycles. The fourth-order valence-corrected chi connectivity index (χ4v) is 3.63. The molecule has 5 nitrogen and oxygen atoms in total. The smallest absolute Gasteiger partial charge is 0.191 e. The van der Waals surface area contributed by atoms with E-state index in [2.05, 4.69) is 33.8 Å². The van der Waals surface area contributed by atoms with Crippen LogP contribution >= 0.6 is 23.7 Å². The van der Waals surface area contributed by atoms with Gasteiger partial charge in [0.25, 0.3) is 0 Å². The summed E-state index contributed by atoms with van der Waals surface area (Å²) >= 11 is 2.80. The first kappa shape index (κ1) is 18.6. The summed E-state index contributed by atoms with van der Waals surface area (Å²) in [6, 6.07) is 9.79. The van der Waals surface area contributed by atoms with Crippen LogP contribution < -0.4 is 10.9 Å². The molecule has 24 heavy (non-hydrogen) atoms. The summed E-state index contributed by atoms with van der Waals surface area (Å²) in [4.78, 5) is 0.746. The van der Waals surface area contributed by atoms with Gasteiger partial charge in [-0.25, -0.2) is 0 Å². The number of thioether (sulfide) groups is 1. The lowest BCUT2D eigenvalue weighted by Crippen LogP contribution is -2.07. The number of nitrogens with zero attached hydrogens (tertiary/aromatic N) is 3. The highest BCUT2D eigenvalue weighted by Crippen LogP contribution is 2.30. The van der Waals surface area contributed by atoms with Gasteiger partial charge in [-0.1, -0.05) is 54.2 Å². The molecule has 128 valence electrons. The Morgan fingerprint density at radius 2 is 2.00 bits per heavy atom. The average molecular weight is 362 g/mol. The second-order valence-corrected chi connectivity index (χ2v) is 6.69. The predicted molar refractivity (Wildman–Crippen MR) is 105 cm³/mol. The minimum Gasteiger partial charge on any atom is -0.397 e. The number of hydrogen-bond donors (Lipinski definition) is 2. The standard InChI is InChI=1S/C17H23N5S2/c1-3-5-9-12-23-17-21-20-16(22(17)4-2)15(24-19)14(18)13-10-7-6-8-11-13/h3,5-8,10-11H,4,9,12,18-19H2,1-2H3/b5-3-,15-14-. The molecule has 1 aromatic carbocycles. The summed E-state index contributed by atoms with van der Waals surface area (Å²) in [5, 5.41) is 15.5. The highest BCUT2D eigenvalue weighted by Gasteiger charge is 2.18. The molecular formula is C17H23N5S2. The van der Waals surface area contributed by atoms with E-state index in [4.69, 9.17) is 10.9 Å². The van der Waals surface area contributed by atoms with E-state index in [-0.39, 0.29) is 0 Å². The Balaban J connectivity index is 2.34. The van der Waals surface area contributed by atoms with E-state index in [1.807, 2.05) is 37.3 Å². The van der Waals surface area contributed by atoms with Crippen molar-refractivity contribution in [2.45, 2.75) is 32.0 Å². The second kappa shape index (κ2) is 9.56. The van der Waals surface area contributed by atoms with Crippen molar-refractivity contribution in [3.05, 3.63) is 53.9 Å². The molecule has 0 bridgehead atoms. The zero-order chi connectivity index (χ0) is 17.4. The zero-order valence-electron chi connectivity index (χ0n) is 14.0. The van der Waals surface area contributed by atoms with Gasteiger partial charge in [0.15, 0.2) is 11.0 Å². The third kappa shape index (κ3) is 4.43. The minimum atomic E-state index is 0.621. The van der Waals surface area contributed by atoms with Gasteiger partial charge >= 0.3 is 0 Å². The molecule has 0 amide bonds. The van der Waals surface area contributed by atoms with Crippen molar-refractivity contribution in [2.24, 2.45) is 10.9 Å². The maximum Gasteiger partial charge on any atom is 0.191 e. The van der Waals surface area contributed by atoms with Crippen molar-refractivity contribution in [1.82, 2.24) is 14.8 Å². The summed E-state index contributed by atoms with van der Waals surface area (Å²) < 4.78 is 2.06. The Labute approximate surface area is 151 Å². The molecule has 1 aromatic heterocycles. The zero-order valence-corrected chi connectivity index (χ0v) is 15.6. The van der Waals surface area contributed by atoms with Crippen LogP contribution in [0.25, 0.3) is 10.6 Å². The summed E-state index contributed by atoms with van der Waals surface area (Å²) in [6.07, 6.45) is 5.21. The van der Waals surface area contributed by atoms with Crippen molar-refractivity contribution >= 4 is 34.3 Å². The highest BCUT2D eigenvalue weighted by molar-refractivity contribution is 8.06. The highest BCUT2D eigenvalue weighted by atomic mass is 32.2. The van der Waals surface area contributed by atoms with E-state index >= 15 is 0 Å². The first-order chi connectivity index (χ1) is 11.7. The van der Waals surface area contributed by atoms with Crippen molar-refractivity contribution < 1.29 is 0 Å². The number of benzene rings is 1. The van der Waals surface area contributed by atoms with E-state index in [9.17, 15) is 0 Å². The van der Waals surface area contributed by atoms with Crippen LogP contribution in [0.4, 0.5) is 0 Å². The Kier molecular flexibility index (Phi) is 7.42. The van der Waals surface area contributed by atoms with Crippen LogP contribution in [0.2, 0.25) is 0 Å². The predicted octanol–water partition coefficient (Wildman–Crippen LogP) is 3.75. The van der Waals surface area contributed by atoms with Crippen LogP contribution in [-0.4, -0.2) is 20.5 Å². The first-order valence-corrected chi connectivity index (χ1v) is 9.68. The molecular weight excluding hydrogens is 338 g/mol. The fraction of sp³-hybridized carbons (Fsp3) is 0.294.